The van der Waals surface area contributed by atoms with Crippen LogP contribution in [0, 0.1) is 6.92 Å². The first-order valence-corrected chi connectivity index (χ1v) is 11.6. The average Bonchev–Trinajstić information content (AvgIpc) is 2.83. The van der Waals surface area contributed by atoms with E-state index in [0.29, 0.717) is 19.0 Å². The standard InChI is InChI=1S/C27H33N3O3/c1-18(2)21-9-6-7-11-23(21)33-20(4)27(31)30-15-13-29(14-16-30)25-17-19(3)22-10-8-12-24(32-5)26(22)28-25/h6-12,17-18,20H,13-16H2,1-5H3. The maximum Gasteiger partial charge on any atom is 0.263 e. The molecule has 1 aliphatic rings. The fourth-order valence-electron chi connectivity index (χ4n) is 4.42. The molecule has 2 heterocycles. The van der Waals surface area contributed by atoms with E-state index in [1.165, 1.54) is 5.56 Å². The highest BCUT2D eigenvalue weighted by molar-refractivity contribution is 5.89. The number of amides is 1. The van der Waals surface area contributed by atoms with Gasteiger partial charge in [0.1, 0.15) is 22.8 Å². The van der Waals surface area contributed by atoms with Crippen molar-refractivity contribution in [2.75, 3.05) is 38.2 Å². The van der Waals surface area contributed by atoms with Gasteiger partial charge >= 0.3 is 0 Å². The minimum absolute atomic E-state index is 0.0255. The van der Waals surface area contributed by atoms with Crippen molar-refractivity contribution in [3.05, 3.63) is 59.7 Å². The van der Waals surface area contributed by atoms with Crippen molar-refractivity contribution in [3.63, 3.8) is 0 Å². The predicted octanol–water partition coefficient (Wildman–Crippen LogP) is 4.79. The number of fused-ring (bicyclic) bond motifs is 1. The third-order valence-corrected chi connectivity index (χ3v) is 6.32. The first-order valence-electron chi connectivity index (χ1n) is 11.6. The molecule has 1 unspecified atom stereocenters. The molecule has 1 fully saturated rings. The lowest BCUT2D eigenvalue weighted by atomic mass is 10.0. The van der Waals surface area contributed by atoms with Crippen LogP contribution in [0.3, 0.4) is 0 Å². The second kappa shape index (κ2) is 9.69. The Kier molecular flexibility index (Phi) is 6.72. The van der Waals surface area contributed by atoms with E-state index < -0.39 is 6.10 Å². The number of aryl methyl sites for hydroxylation is 1. The number of benzene rings is 2. The molecule has 0 saturated carbocycles. The third-order valence-electron chi connectivity index (χ3n) is 6.32. The molecule has 0 bridgehead atoms. The van der Waals surface area contributed by atoms with Gasteiger partial charge in [0.15, 0.2) is 6.10 Å². The Morgan fingerprint density at radius 3 is 2.36 bits per heavy atom. The number of aromatic nitrogens is 1. The van der Waals surface area contributed by atoms with Crippen LogP contribution in [0.25, 0.3) is 10.9 Å². The van der Waals surface area contributed by atoms with Gasteiger partial charge in [-0.1, -0.05) is 44.2 Å². The van der Waals surface area contributed by atoms with Crippen molar-refractivity contribution in [2.24, 2.45) is 0 Å². The molecule has 6 nitrogen and oxygen atoms in total. The molecule has 0 spiro atoms. The van der Waals surface area contributed by atoms with Gasteiger partial charge in [-0.05, 0) is 49.1 Å². The van der Waals surface area contributed by atoms with Crippen LogP contribution >= 0.6 is 0 Å². The quantitative estimate of drug-likeness (QED) is 0.544. The smallest absolute Gasteiger partial charge is 0.263 e. The average molecular weight is 448 g/mol. The van der Waals surface area contributed by atoms with Gasteiger partial charge in [0, 0.05) is 31.6 Å². The van der Waals surface area contributed by atoms with Gasteiger partial charge in [-0.15, -0.1) is 0 Å². The van der Waals surface area contributed by atoms with Crippen LogP contribution < -0.4 is 14.4 Å². The normalized spacial score (nSPS) is 15.1. The lowest BCUT2D eigenvalue weighted by Gasteiger charge is -2.36. The van der Waals surface area contributed by atoms with Gasteiger partial charge < -0.3 is 19.3 Å². The number of pyridine rings is 1. The summed E-state index contributed by atoms with van der Waals surface area (Å²) in [5.74, 6) is 2.85. The number of anilines is 1. The molecule has 3 aromatic rings. The monoisotopic (exact) mass is 447 g/mol. The summed E-state index contributed by atoms with van der Waals surface area (Å²) < 4.78 is 11.6. The van der Waals surface area contributed by atoms with Crippen LogP contribution in [0.15, 0.2) is 48.5 Å². The highest BCUT2D eigenvalue weighted by Gasteiger charge is 2.27. The highest BCUT2D eigenvalue weighted by Crippen LogP contribution is 2.30. The van der Waals surface area contributed by atoms with E-state index in [4.69, 9.17) is 14.5 Å². The molecular weight excluding hydrogens is 414 g/mol. The SMILES string of the molecule is COc1cccc2c(C)cc(N3CCN(C(=O)C(C)Oc4ccccc4C(C)C)CC3)nc12. The molecule has 1 aromatic heterocycles. The van der Waals surface area contributed by atoms with E-state index >= 15 is 0 Å². The Morgan fingerprint density at radius 2 is 1.67 bits per heavy atom. The molecule has 2 aromatic carbocycles. The number of rotatable bonds is 6. The number of carbonyl (C=O) groups is 1. The molecule has 1 amide bonds. The molecule has 4 rings (SSSR count). The van der Waals surface area contributed by atoms with Crippen LogP contribution in [-0.2, 0) is 4.79 Å². The van der Waals surface area contributed by atoms with Crippen LogP contribution in [0.2, 0.25) is 0 Å². The van der Waals surface area contributed by atoms with Crippen molar-refractivity contribution in [1.29, 1.82) is 0 Å². The van der Waals surface area contributed by atoms with E-state index in [9.17, 15) is 4.79 Å². The van der Waals surface area contributed by atoms with Crippen molar-refractivity contribution in [3.8, 4) is 11.5 Å². The summed E-state index contributed by atoms with van der Waals surface area (Å²) in [5, 5.41) is 1.10. The van der Waals surface area contributed by atoms with Crippen molar-refractivity contribution in [2.45, 2.75) is 39.7 Å². The second-order valence-corrected chi connectivity index (χ2v) is 8.92. The van der Waals surface area contributed by atoms with Gasteiger partial charge in [0.25, 0.3) is 5.91 Å². The van der Waals surface area contributed by atoms with Crippen LogP contribution in [0.1, 0.15) is 37.8 Å². The number of hydrogen-bond acceptors (Lipinski definition) is 5. The van der Waals surface area contributed by atoms with Crippen molar-refractivity contribution >= 4 is 22.6 Å². The minimum Gasteiger partial charge on any atom is -0.494 e. The molecule has 1 atom stereocenters. The summed E-state index contributed by atoms with van der Waals surface area (Å²) in [6.07, 6.45) is -0.526. The lowest BCUT2D eigenvalue weighted by molar-refractivity contribution is -0.138. The molecule has 0 radical (unpaired) electrons. The maximum absolute atomic E-state index is 13.1. The lowest BCUT2D eigenvalue weighted by Crippen LogP contribution is -2.52. The molecule has 6 heteroatoms. The zero-order valence-corrected chi connectivity index (χ0v) is 20.2. The van der Waals surface area contributed by atoms with Crippen molar-refractivity contribution in [1.82, 2.24) is 9.88 Å². The van der Waals surface area contributed by atoms with Gasteiger partial charge in [-0.25, -0.2) is 4.98 Å². The van der Waals surface area contributed by atoms with E-state index in [1.54, 1.807) is 7.11 Å². The van der Waals surface area contributed by atoms with Crippen molar-refractivity contribution < 1.29 is 14.3 Å². The number of piperazine rings is 1. The number of para-hydroxylation sites is 2. The minimum atomic E-state index is -0.526. The Bertz CT molecular complexity index is 1140. The van der Waals surface area contributed by atoms with Gasteiger partial charge in [0.2, 0.25) is 0 Å². The Morgan fingerprint density at radius 1 is 0.970 bits per heavy atom. The fourth-order valence-corrected chi connectivity index (χ4v) is 4.42. The molecule has 1 saturated heterocycles. The first-order chi connectivity index (χ1) is 15.9. The second-order valence-electron chi connectivity index (χ2n) is 8.92. The zero-order valence-electron chi connectivity index (χ0n) is 20.2. The van der Waals surface area contributed by atoms with E-state index in [2.05, 4.69) is 43.9 Å². The first kappa shape index (κ1) is 22.9. The summed E-state index contributed by atoms with van der Waals surface area (Å²) in [7, 11) is 1.67. The van der Waals surface area contributed by atoms with Crippen LogP contribution in [-0.4, -0.2) is 55.2 Å². The highest BCUT2D eigenvalue weighted by atomic mass is 16.5. The Hall–Kier alpha value is -3.28. The summed E-state index contributed by atoms with van der Waals surface area (Å²) in [4.78, 5) is 22.1. The Labute approximate surface area is 196 Å². The maximum atomic E-state index is 13.1. The molecule has 0 aliphatic carbocycles. The summed E-state index contributed by atoms with van der Waals surface area (Å²) >= 11 is 0. The zero-order chi connectivity index (χ0) is 23.5. The molecular formula is C27H33N3O3. The summed E-state index contributed by atoms with van der Waals surface area (Å²) in [6.45, 7) is 10.9. The topological polar surface area (TPSA) is 54.9 Å². The third kappa shape index (κ3) is 4.75. The van der Waals surface area contributed by atoms with Crippen LogP contribution in [0.4, 0.5) is 5.82 Å². The molecule has 0 N–H and O–H groups in total. The summed E-state index contributed by atoms with van der Waals surface area (Å²) in [5.41, 5.74) is 3.16. The largest absolute Gasteiger partial charge is 0.494 e. The van der Waals surface area contributed by atoms with E-state index in [-0.39, 0.29) is 5.91 Å². The van der Waals surface area contributed by atoms with E-state index in [0.717, 1.165) is 46.9 Å². The predicted molar refractivity (Wildman–Crippen MR) is 132 cm³/mol. The number of carbonyl (C=O) groups excluding carboxylic acids is 1. The molecule has 1 aliphatic heterocycles. The number of nitrogens with zero attached hydrogens (tertiary/aromatic N) is 3. The van der Waals surface area contributed by atoms with Gasteiger partial charge in [-0.2, -0.15) is 0 Å². The Balaban J connectivity index is 1.43. The fraction of sp³-hybridized carbons (Fsp3) is 0.407. The number of ether oxygens (including phenoxy) is 2. The van der Waals surface area contributed by atoms with Gasteiger partial charge in [-0.3, -0.25) is 4.79 Å². The summed E-state index contributed by atoms with van der Waals surface area (Å²) in [6, 6.07) is 16.1. The van der Waals surface area contributed by atoms with Crippen LogP contribution in [0.5, 0.6) is 11.5 Å². The number of methoxy groups -OCH3 is 1. The van der Waals surface area contributed by atoms with E-state index in [1.807, 2.05) is 42.2 Å². The van der Waals surface area contributed by atoms with Gasteiger partial charge in [0.05, 0.1) is 7.11 Å². The molecule has 33 heavy (non-hydrogen) atoms. The molecule has 174 valence electrons. The number of hydrogen-bond donors (Lipinski definition) is 0.